The third-order valence-electron chi connectivity index (χ3n) is 2.97. The molecule has 1 rings (SSSR count). The van der Waals surface area contributed by atoms with Gasteiger partial charge in [0.05, 0.1) is 7.11 Å². The molecule has 1 unspecified atom stereocenters. The molecular formula is C16H25NO2. The van der Waals surface area contributed by atoms with E-state index in [9.17, 15) is 0 Å². The molecule has 0 amide bonds. The fraction of sp³-hybridized carbons (Fsp3) is 0.500. The molecule has 0 radical (unpaired) electrons. The quantitative estimate of drug-likeness (QED) is 0.728. The van der Waals surface area contributed by atoms with Gasteiger partial charge in [-0.05, 0) is 43.5 Å². The summed E-state index contributed by atoms with van der Waals surface area (Å²) in [6, 6.07) is 6.54. The van der Waals surface area contributed by atoms with Crippen molar-refractivity contribution in [1.82, 2.24) is 5.32 Å². The van der Waals surface area contributed by atoms with Crippen LogP contribution in [0, 0.1) is 0 Å². The van der Waals surface area contributed by atoms with Gasteiger partial charge in [-0.25, -0.2) is 0 Å². The molecule has 0 aromatic heterocycles. The first-order valence-electron chi connectivity index (χ1n) is 6.74. The minimum atomic E-state index is 0.513. The molecule has 0 fully saturated rings. The molecular weight excluding hydrogens is 238 g/mol. The number of methoxy groups -OCH3 is 1. The van der Waals surface area contributed by atoms with Gasteiger partial charge in [0, 0.05) is 12.6 Å². The van der Waals surface area contributed by atoms with E-state index >= 15 is 0 Å². The number of hydrogen-bond donors (Lipinski definition) is 1. The average molecular weight is 263 g/mol. The van der Waals surface area contributed by atoms with Crippen LogP contribution < -0.4 is 14.8 Å². The molecule has 1 atom stereocenters. The summed E-state index contributed by atoms with van der Waals surface area (Å²) < 4.78 is 11.0. The van der Waals surface area contributed by atoms with Crippen molar-refractivity contribution in [3.63, 3.8) is 0 Å². The van der Waals surface area contributed by atoms with Crippen LogP contribution in [0.4, 0.5) is 0 Å². The molecule has 19 heavy (non-hydrogen) atoms. The van der Waals surface area contributed by atoms with Gasteiger partial charge >= 0.3 is 0 Å². The van der Waals surface area contributed by atoms with Gasteiger partial charge in [-0.1, -0.05) is 19.6 Å². The van der Waals surface area contributed by atoms with Crippen LogP contribution >= 0.6 is 0 Å². The minimum Gasteiger partial charge on any atom is -0.493 e. The van der Waals surface area contributed by atoms with Crippen molar-refractivity contribution in [2.75, 3.05) is 13.7 Å². The van der Waals surface area contributed by atoms with E-state index in [1.165, 1.54) is 5.56 Å². The van der Waals surface area contributed by atoms with Gasteiger partial charge in [0.15, 0.2) is 11.5 Å². The predicted octanol–water partition coefficient (Wildman–Crippen LogP) is 3.54. The van der Waals surface area contributed by atoms with Gasteiger partial charge in [0.1, 0.15) is 6.61 Å². The lowest BCUT2D eigenvalue weighted by molar-refractivity contribution is 0.319. The third-order valence-corrected chi connectivity index (χ3v) is 2.97. The van der Waals surface area contributed by atoms with Crippen LogP contribution in [0.5, 0.6) is 11.5 Å². The fourth-order valence-electron chi connectivity index (χ4n) is 1.58. The molecule has 0 saturated carbocycles. The third kappa shape index (κ3) is 5.35. The summed E-state index contributed by atoms with van der Waals surface area (Å²) >= 11 is 0. The fourth-order valence-corrected chi connectivity index (χ4v) is 1.58. The second-order valence-electron chi connectivity index (χ2n) is 4.92. The maximum Gasteiger partial charge on any atom is 0.161 e. The molecule has 1 N–H and O–H groups in total. The highest BCUT2D eigenvalue weighted by molar-refractivity contribution is 5.43. The minimum absolute atomic E-state index is 0.513. The second-order valence-corrected chi connectivity index (χ2v) is 4.92. The lowest BCUT2D eigenvalue weighted by Crippen LogP contribution is -2.24. The monoisotopic (exact) mass is 263 g/mol. The zero-order chi connectivity index (χ0) is 14.3. The van der Waals surface area contributed by atoms with Gasteiger partial charge in [-0.3, -0.25) is 0 Å². The summed E-state index contributed by atoms with van der Waals surface area (Å²) in [6.45, 7) is 11.5. The summed E-state index contributed by atoms with van der Waals surface area (Å²) in [5.41, 5.74) is 2.18. The summed E-state index contributed by atoms with van der Waals surface area (Å²) in [7, 11) is 1.65. The highest BCUT2D eigenvalue weighted by Crippen LogP contribution is 2.28. The van der Waals surface area contributed by atoms with Crippen LogP contribution in [-0.4, -0.2) is 19.8 Å². The number of hydrogen-bond acceptors (Lipinski definition) is 3. The Morgan fingerprint density at radius 1 is 1.37 bits per heavy atom. The first kappa shape index (κ1) is 15.6. The van der Waals surface area contributed by atoms with Crippen molar-refractivity contribution >= 4 is 0 Å². The molecule has 3 heteroatoms. The first-order chi connectivity index (χ1) is 9.06. The number of nitrogens with one attached hydrogen (secondary N) is 1. The van der Waals surface area contributed by atoms with Crippen LogP contribution in [0.2, 0.25) is 0 Å². The van der Waals surface area contributed by atoms with Gasteiger partial charge in [-0.15, -0.1) is 0 Å². The predicted molar refractivity (Wildman–Crippen MR) is 79.9 cm³/mol. The van der Waals surface area contributed by atoms with Gasteiger partial charge in [0.2, 0.25) is 0 Å². The van der Waals surface area contributed by atoms with Crippen LogP contribution in [-0.2, 0) is 6.54 Å². The summed E-state index contributed by atoms with van der Waals surface area (Å²) in [6.07, 6.45) is 1.12. The van der Waals surface area contributed by atoms with E-state index in [4.69, 9.17) is 9.47 Å². The van der Waals surface area contributed by atoms with E-state index in [1.807, 2.05) is 19.1 Å². The second kappa shape index (κ2) is 7.85. The summed E-state index contributed by atoms with van der Waals surface area (Å²) in [4.78, 5) is 0. The number of rotatable bonds is 8. The van der Waals surface area contributed by atoms with E-state index in [0.29, 0.717) is 12.6 Å². The Balaban J connectivity index is 2.73. The van der Waals surface area contributed by atoms with Crippen LogP contribution in [0.25, 0.3) is 0 Å². The molecule has 0 saturated heterocycles. The summed E-state index contributed by atoms with van der Waals surface area (Å²) in [5.74, 6) is 1.53. The average Bonchev–Trinajstić information content (AvgIpc) is 2.42. The molecule has 0 aliphatic rings. The topological polar surface area (TPSA) is 30.5 Å². The Kier molecular flexibility index (Phi) is 6.43. The molecule has 1 aromatic rings. The van der Waals surface area contributed by atoms with E-state index in [1.54, 1.807) is 7.11 Å². The molecule has 3 nitrogen and oxygen atoms in total. The van der Waals surface area contributed by atoms with Crippen molar-refractivity contribution in [1.29, 1.82) is 0 Å². The number of ether oxygens (including phenoxy) is 2. The zero-order valence-corrected chi connectivity index (χ0v) is 12.5. The summed E-state index contributed by atoms with van der Waals surface area (Å²) in [5, 5.41) is 3.46. The van der Waals surface area contributed by atoms with Gasteiger partial charge < -0.3 is 14.8 Å². The Bertz CT molecular complexity index is 415. The van der Waals surface area contributed by atoms with Crippen LogP contribution in [0.15, 0.2) is 30.4 Å². The van der Waals surface area contributed by atoms with E-state index < -0.39 is 0 Å². The Morgan fingerprint density at radius 2 is 2.11 bits per heavy atom. The lowest BCUT2D eigenvalue weighted by atomic mass is 10.1. The number of benzene rings is 1. The van der Waals surface area contributed by atoms with Crippen molar-refractivity contribution in [3.8, 4) is 11.5 Å². The molecule has 1 aromatic carbocycles. The molecule has 0 heterocycles. The molecule has 106 valence electrons. The van der Waals surface area contributed by atoms with Crippen molar-refractivity contribution in [2.45, 2.75) is 39.8 Å². The smallest absolute Gasteiger partial charge is 0.161 e. The highest BCUT2D eigenvalue weighted by atomic mass is 16.5. The molecule has 0 aliphatic carbocycles. The zero-order valence-electron chi connectivity index (χ0n) is 12.5. The van der Waals surface area contributed by atoms with Crippen molar-refractivity contribution in [2.24, 2.45) is 0 Å². The standard InChI is InChI=1S/C16H25NO2/c1-6-13(4)17-10-14-7-8-15(18-5)16(9-14)19-11-12(2)3/h7-9,13,17H,2,6,10-11H2,1,3-5H3. The first-order valence-corrected chi connectivity index (χ1v) is 6.74. The molecule has 0 spiro atoms. The lowest BCUT2D eigenvalue weighted by Gasteiger charge is -2.14. The highest BCUT2D eigenvalue weighted by Gasteiger charge is 2.06. The maximum absolute atomic E-state index is 5.71. The Labute approximate surface area is 116 Å². The van der Waals surface area contributed by atoms with Gasteiger partial charge in [0.25, 0.3) is 0 Å². The Hall–Kier alpha value is -1.48. The largest absolute Gasteiger partial charge is 0.493 e. The van der Waals surface area contributed by atoms with E-state index in [2.05, 4.69) is 31.8 Å². The van der Waals surface area contributed by atoms with E-state index in [0.717, 1.165) is 30.0 Å². The van der Waals surface area contributed by atoms with Crippen LogP contribution in [0.1, 0.15) is 32.8 Å². The van der Waals surface area contributed by atoms with E-state index in [-0.39, 0.29) is 0 Å². The van der Waals surface area contributed by atoms with Gasteiger partial charge in [-0.2, -0.15) is 0 Å². The van der Waals surface area contributed by atoms with Crippen LogP contribution in [0.3, 0.4) is 0 Å². The molecule has 0 aliphatic heterocycles. The normalized spacial score (nSPS) is 12.0. The molecule has 0 bridgehead atoms. The van der Waals surface area contributed by atoms with Crippen molar-refractivity contribution < 1.29 is 9.47 Å². The van der Waals surface area contributed by atoms with Crippen molar-refractivity contribution in [3.05, 3.63) is 35.9 Å². The SMILES string of the molecule is C=C(C)COc1cc(CNC(C)CC)ccc1OC. The Morgan fingerprint density at radius 3 is 2.68 bits per heavy atom. The maximum atomic E-state index is 5.71.